The topological polar surface area (TPSA) is 24.7 Å². The van der Waals surface area contributed by atoms with E-state index < -0.39 is 0 Å². The van der Waals surface area contributed by atoms with Crippen LogP contribution in [0.15, 0.2) is 58.5 Å². The van der Waals surface area contributed by atoms with Gasteiger partial charge >= 0.3 is 0 Å². The molecule has 2 rings (SSSR count). The number of hydrogen-bond acceptors (Lipinski definition) is 2. The zero-order valence-electron chi connectivity index (χ0n) is 33.5. The molecule has 0 saturated carbocycles. The monoisotopic (exact) mass is 775 g/mol. The van der Waals surface area contributed by atoms with E-state index in [4.69, 9.17) is 9.98 Å². The minimum atomic E-state index is 0. The first-order valence-corrected chi connectivity index (χ1v) is 21.2. The third kappa shape index (κ3) is 19.7. The van der Waals surface area contributed by atoms with Gasteiger partial charge in [0.2, 0.25) is 0 Å². The Hall–Kier alpha value is -1.82. The molecule has 0 radical (unpaired) electrons. The summed E-state index contributed by atoms with van der Waals surface area (Å²) < 4.78 is 0. The molecule has 0 amide bonds. The Bertz CT molecular complexity index is 1220. The fourth-order valence-corrected chi connectivity index (χ4v) is 6.65. The maximum absolute atomic E-state index is 5.46. The Morgan fingerprint density at radius 2 is 0.880 bits per heavy atom. The SMILES string of the molecule is CCCCCCCCCC=CC(=Nc1ccc(CCCC)c(CCCC)c1)C(CCCCCC)=Nc1ccc(CCCC)c(CCCC)c1.[Pd]. The van der Waals surface area contributed by atoms with Gasteiger partial charge in [-0.3, -0.25) is 4.99 Å². The van der Waals surface area contributed by atoms with E-state index in [1.165, 1.54) is 151 Å². The predicted molar refractivity (Wildman–Crippen MR) is 222 cm³/mol. The normalized spacial score (nSPS) is 12.2. The van der Waals surface area contributed by atoms with Gasteiger partial charge in [-0.2, -0.15) is 0 Å². The third-order valence-corrected chi connectivity index (χ3v) is 9.90. The summed E-state index contributed by atoms with van der Waals surface area (Å²) >= 11 is 0. The number of allylic oxidation sites excluding steroid dienone is 2. The standard InChI is InChI=1S/C47H76N2.Pd/c1-7-13-19-21-22-23-24-25-27-33-47(49-45-37-35-41(29-16-10-4)43(39-45)31-18-12-6)46(32-26-20-14-8-2)48-44-36-34-40(28-15-9-3)42(38-44)30-17-11-5;/h27,33-39H,7-26,28-32H2,1-6H3;. The minimum absolute atomic E-state index is 0. The predicted octanol–water partition coefficient (Wildman–Crippen LogP) is 15.6. The molecule has 0 N–H and O–H groups in total. The molecule has 50 heavy (non-hydrogen) atoms. The van der Waals surface area contributed by atoms with Crippen LogP contribution in [0.3, 0.4) is 0 Å². The number of hydrogen-bond donors (Lipinski definition) is 0. The van der Waals surface area contributed by atoms with Crippen LogP contribution in [-0.4, -0.2) is 11.4 Å². The van der Waals surface area contributed by atoms with Crippen LogP contribution >= 0.6 is 0 Å². The smallest absolute Gasteiger partial charge is 0.0848 e. The van der Waals surface area contributed by atoms with Crippen LogP contribution in [0.1, 0.15) is 199 Å². The minimum Gasteiger partial charge on any atom is -0.251 e. The van der Waals surface area contributed by atoms with Gasteiger partial charge in [-0.25, -0.2) is 4.99 Å². The molecule has 3 heteroatoms. The van der Waals surface area contributed by atoms with Crippen LogP contribution in [0.25, 0.3) is 0 Å². The van der Waals surface area contributed by atoms with Crippen molar-refractivity contribution in [1.82, 2.24) is 0 Å². The summed E-state index contributed by atoms with van der Waals surface area (Å²) in [4.78, 5) is 10.9. The van der Waals surface area contributed by atoms with E-state index in [9.17, 15) is 0 Å². The van der Waals surface area contributed by atoms with Gasteiger partial charge in [-0.1, -0.05) is 143 Å². The molecule has 0 fully saturated rings. The zero-order chi connectivity index (χ0) is 35.4. The molecule has 0 spiro atoms. The van der Waals surface area contributed by atoms with Gasteiger partial charge in [0, 0.05) is 20.4 Å². The summed E-state index contributed by atoms with van der Waals surface area (Å²) in [5, 5.41) is 0. The Morgan fingerprint density at radius 3 is 1.38 bits per heavy atom. The van der Waals surface area contributed by atoms with Gasteiger partial charge in [0.25, 0.3) is 0 Å². The number of unbranched alkanes of at least 4 members (excludes halogenated alkanes) is 14. The van der Waals surface area contributed by atoms with Crippen molar-refractivity contribution < 1.29 is 20.4 Å². The summed E-state index contributed by atoms with van der Waals surface area (Å²) in [6.45, 7) is 13.8. The van der Waals surface area contributed by atoms with Gasteiger partial charge < -0.3 is 0 Å². The van der Waals surface area contributed by atoms with Crippen LogP contribution in [0.5, 0.6) is 0 Å². The number of aliphatic imine (C=N–C) groups is 2. The molecule has 0 heterocycles. The molecule has 0 aromatic heterocycles. The molecular weight excluding hydrogens is 699 g/mol. The molecule has 0 atom stereocenters. The molecule has 2 aromatic rings. The maximum Gasteiger partial charge on any atom is 0.0848 e. The van der Waals surface area contributed by atoms with Crippen LogP contribution in [0.2, 0.25) is 0 Å². The molecule has 0 aliphatic heterocycles. The molecule has 0 unspecified atom stereocenters. The van der Waals surface area contributed by atoms with E-state index in [1.54, 1.807) is 0 Å². The number of aryl methyl sites for hydroxylation is 4. The molecular formula is C47H76N2Pd. The molecule has 0 bridgehead atoms. The Kier molecular flexibility index (Phi) is 28.4. The molecule has 284 valence electrons. The second kappa shape index (κ2) is 30.8. The van der Waals surface area contributed by atoms with Crippen LogP contribution in [-0.2, 0) is 46.1 Å². The van der Waals surface area contributed by atoms with Gasteiger partial charge in [0.15, 0.2) is 0 Å². The van der Waals surface area contributed by atoms with E-state index in [2.05, 4.69) is 90.1 Å². The Balaban J connectivity index is 0.0000125. The first-order chi connectivity index (χ1) is 24.1. The number of benzene rings is 2. The van der Waals surface area contributed by atoms with E-state index >= 15 is 0 Å². The third-order valence-electron chi connectivity index (χ3n) is 9.90. The largest absolute Gasteiger partial charge is 0.251 e. The van der Waals surface area contributed by atoms with Crippen LogP contribution in [0.4, 0.5) is 11.4 Å². The maximum atomic E-state index is 5.46. The molecule has 2 aromatic carbocycles. The van der Waals surface area contributed by atoms with Crippen molar-refractivity contribution in [3.63, 3.8) is 0 Å². The van der Waals surface area contributed by atoms with Gasteiger partial charge in [0.1, 0.15) is 0 Å². The summed E-state index contributed by atoms with van der Waals surface area (Å²) in [6, 6.07) is 14.1. The van der Waals surface area contributed by atoms with Crippen molar-refractivity contribution in [2.24, 2.45) is 9.98 Å². The Labute approximate surface area is 324 Å². The van der Waals surface area contributed by atoms with Crippen molar-refractivity contribution in [1.29, 1.82) is 0 Å². The molecule has 0 aliphatic carbocycles. The van der Waals surface area contributed by atoms with Crippen molar-refractivity contribution in [3.8, 4) is 0 Å². The summed E-state index contributed by atoms with van der Waals surface area (Å²) in [5.41, 5.74) is 10.4. The number of nitrogens with zero attached hydrogens (tertiary/aromatic N) is 2. The Morgan fingerprint density at radius 1 is 0.460 bits per heavy atom. The second-order valence-corrected chi connectivity index (χ2v) is 14.5. The fraction of sp³-hybridized carbons (Fsp3) is 0.660. The summed E-state index contributed by atoms with van der Waals surface area (Å²) in [6.07, 6.45) is 35.6. The average molecular weight is 776 g/mol. The molecule has 0 saturated heterocycles. The summed E-state index contributed by atoms with van der Waals surface area (Å²) in [7, 11) is 0. The zero-order valence-corrected chi connectivity index (χ0v) is 35.1. The van der Waals surface area contributed by atoms with Crippen molar-refractivity contribution >= 4 is 22.8 Å². The van der Waals surface area contributed by atoms with Gasteiger partial charge in [-0.05, 0) is 130 Å². The van der Waals surface area contributed by atoms with E-state index in [0.29, 0.717) is 0 Å². The second-order valence-electron chi connectivity index (χ2n) is 14.5. The van der Waals surface area contributed by atoms with E-state index in [1.807, 2.05) is 0 Å². The van der Waals surface area contributed by atoms with E-state index in [-0.39, 0.29) is 20.4 Å². The average Bonchev–Trinajstić information content (AvgIpc) is 3.12. The van der Waals surface area contributed by atoms with Gasteiger partial charge in [0.05, 0.1) is 22.8 Å². The first-order valence-electron chi connectivity index (χ1n) is 21.2. The number of rotatable bonds is 29. The quantitative estimate of drug-likeness (QED) is 0.0447. The fourth-order valence-electron chi connectivity index (χ4n) is 6.65. The van der Waals surface area contributed by atoms with Gasteiger partial charge in [-0.15, -0.1) is 0 Å². The van der Waals surface area contributed by atoms with Crippen molar-refractivity contribution in [2.45, 2.75) is 202 Å². The van der Waals surface area contributed by atoms with Crippen molar-refractivity contribution in [3.05, 3.63) is 70.8 Å². The van der Waals surface area contributed by atoms with E-state index in [0.717, 1.165) is 54.9 Å². The summed E-state index contributed by atoms with van der Waals surface area (Å²) in [5.74, 6) is 0. The van der Waals surface area contributed by atoms with Crippen LogP contribution in [0, 0.1) is 0 Å². The van der Waals surface area contributed by atoms with Crippen molar-refractivity contribution in [2.75, 3.05) is 0 Å². The molecule has 0 aliphatic rings. The molecule has 2 nitrogen and oxygen atoms in total. The van der Waals surface area contributed by atoms with Crippen LogP contribution < -0.4 is 0 Å². The first kappa shape index (κ1) is 46.2.